The minimum atomic E-state index is -0.810. The van der Waals surface area contributed by atoms with Crippen LogP contribution in [-0.2, 0) is 9.63 Å². The van der Waals surface area contributed by atoms with Crippen molar-refractivity contribution in [1.29, 1.82) is 0 Å². The van der Waals surface area contributed by atoms with E-state index in [9.17, 15) is 14.1 Å². The predicted molar refractivity (Wildman–Crippen MR) is 58.2 cm³/mol. The fourth-order valence-corrected chi connectivity index (χ4v) is 1.89. The Labute approximate surface area is 100 Å². The minimum absolute atomic E-state index is 0.00978. The van der Waals surface area contributed by atoms with Crippen molar-refractivity contribution in [3.63, 3.8) is 0 Å². The summed E-state index contributed by atoms with van der Waals surface area (Å²) < 4.78 is 13.3. The van der Waals surface area contributed by atoms with Gasteiger partial charge in [0.25, 0.3) is 4.92 Å². The number of halogens is 2. The van der Waals surface area contributed by atoms with Crippen LogP contribution in [0.15, 0.2) is 17.0 Å². The van der Waals surface area contributed by atoms with Gasteiger partial charge in [-0.25, -0.2) is 4.84 Å². The van der Waals surface area contributed by atoms with E-state index < -0.39 is 5.82 Å². The Bertz CT molecular complexity index is 453. The highest BCUT2D eigenvalue weighted by Crippen LogP contribution is 2.33. The molecule has 0 unspecified atom stereocenters. The maximum Gasteiger partial charge on any atom is 0.353 e. The molecule has 0 saturated heterocycles. The summed E-state index contributed by atoms with van der Waals surface area (Å²) in [7, 11) is 1.11. The van der Waals surface area contributed by atoms with E-state index >= 15 is 0 Å². The lowest BCUT2D eigenvalue weighted by atomic mass is 10.3. The molecule has 1 aromatic carbocycles. The van der Waals surface area contributed by atoms with Crippen molar-refractivity contribution in [2.45, 2.75) is 11.8 Å². The molecule has 1 aromatic rings. The van der Waals surface area contributed by atoms with Gasteiger partial charge in [-0.2, -0.15) is 4.39 Å². The van der Waals surface area contributed by atoms with Crippen molar-refractivity contribution in [2.75, 3.05) is 7.11 Å². The minimum Gasteiger partial charge on any atom is -0.287 e. The number of hydrogen-bond donors (Lipinski definition) is 0. The molecule has 0 amide bonds. The lowest BCUT2D eigenvalue weighted by Gasteiger charge is -2.00. The number of thioether (sulfide) groups is 1. The topological polar surface area (TPSA) is 46.4 Å². The van der Waals surface area contributed by atoms with E-state index in [2.05, 4.69) is 4.84 Å². The average Bonchev–Trinajstić information content (AvgIpc) is 2.20. The van der Waals surface area contributed by atoms with Gasteiger partial charge in [0.15, 0.2) is 12.2 Å². The third kappa shape index (κ3) is 2.93. The van der Waals surface area contributed by atoms with Gasteiger partial charge in [-0.05, 0) is 0 Å². The van der Waals surface area contributed by atoms with Crippen molar-refractivity contribution in [1.82, 2.24) is 0 Å². The lowest BCUT2D eigenvalue weighted by Crippen LogP contribution is -2.01. The molecule has 0 radical (unpaired) electrons. The highest BCUT2D eigenvalue weighted by Gasteiger charge is 2.24. The van der Waals surface area contributed by atoms with E-state index in [1.807, 2.05) is 0 Å². The van der Waals surface area contributed by atoms with Crippen molar-refractivity contribution in [3.8, 4) is 0 Å². The SMILES string of the molecule is CO[N+](=O)c1cc(SC(C)=O)c(Cl)cc1F. The molecule has 0 bridgehead atoms. The summed E-state index contributed by atoms with van der Waals surface area (Å²) in [4.78, 5) is 26.6. The van der Waals surface area contributed by atoms with Gasteiger partial charge in [0.05, 0.1) is 9.93 Å². The Morgan fingerprint density at radius 3 is 2.69 bits per heavy atom. The summed E-state index contributed by atoms with van der Waals surface area (Å²) in [5.74, 6) is -0.810. The maximum absolute atomic E-state index is 13.3. The van der Waals surface area contributed by atoms with Crippen LogP contribution in [-0.4, -0.2) is 17.1 Å². The van der Waals surface area contributed by atoms with Gasteiger partial charge in [-0.3, -0.25) is 4.79 Å². The van der Waals surface area contributed by atoms with Gasteiger partial charge in [0, 0.05) is 24.0 Å². The molecule has 0 heterocycles. The van der Waals surface area contributed by atoms with E-state index in [1.54, 1.807) is 0 Å². The second kappa shape index (κ2) is 5.27. The summed E-state index contributed by atoms with van der Waals surface area (Å²) >= 11 is 6.54. The molecule has 0 aromatic heterocycles. The first kappa shape index (κ1) is 12.9. The summed E-state index contributed by atoms with van der Waals surface area (Å²) in [6.45, 7) is 1.34. The molecule has 86 valence electrons. The summed E-state index contributed by atoms with van der Waals surface area (Å²) in [6, 6.07) is 2.13. The molecule has 4 nitrogen and oxygen atoms in total. The second-order valence-electron chi connectivity index (χ2n) is 2.77. The van der Waals surface area contributed by atoms with Crippen molar-refractivity contribution >= 4 is 34.2 Å². The molecule has 0 N–H and O–H groups in total. The van der Waals surface area contributed by atoms with Crippen molar-refractivity contribution in [2.24, 2.45) is 0 Å². The molecular formula is C9H8ClFNO3S+. The molecule has 0 aliphatic rings. The number of carbonyl (C=O) groups excluding carboxylic acids is 1. The molecule has 0 aliphatic heterocycles. The van der Waals surface area contributed by atoms with E-state index in [4.69, 9.17) is 11.6 Å². The van der Waals surface area contributed by atoms with Crippen LogP contribution in [0.3, 0.4) is 0 Å². The van der Waals surface area contributed by atoms with Crippen LogP contribution in [0.25, 0.3) is 0 Å². The second-order valence-corrected chi connectivity index (χ2v) is 4.39. The number of carbonyl (C=O) groups is 1. The molecule has 0 saturated carbocycles. The average molecular weight is 265 g/mol. The largest absolute Gasteiger partial charge is 0.353 e. The number of nitrogens with zero attached hydrogens (tertiary/aromatic N) is 1. The normalized spacial score (nSPS) is 10.0. The molecule has 0 atom stereocenters. The third-order valence-corrected chi connectivity index (χ3v) is 2.89. The fourth-order valence-electron chi connectivity index (χ4n) is 0.990. The predicted octanol–water partition coefficient (Wildman–Crippen LogP) is 3.09. The zero-order valence-electron chi connectivity index (χ0n) is 8.49. The first-order valence-corrected chi connectivity index (χ1v) is 5.34. The van der Waals surface area contributed by atoms with Crippen LogP contribution >= 0.6 is 23.4 Å². The van der Waals surface area contributed by atoms with Gasteiger partial charge < -0.3 is 0 Å². The van der Waals surface area contributed by atoms with Crippen molar-refractivity contribution in [3.05, 3.63) is 27.9 Å². The Morgan fingerprint density at radius 2 is 2.19 bits per heavy atom. The standard InChI is InChI=1S/C9H8ClFNO3S/c1-5(13)16-9-4-8(12(14)15-2)7(11)3-6(9)10/h3-4H,1-2H3/q+1. The van der Waals surface area contributed by atoms with Crippen LogP contribution in [0.1, 0.15) is 6.92 Å². The van der Waals surface area contributed by atoms with E-state index in [-0.39, 0.29) is 20.7 Å². The first-order chi connectivity index (χ1) is 7.45. The van der Waals surface area contributed by atoms with Gasteiger partial charge in [0.2, 0.25) is 5.82 Å². The number of hydrogen-bond acceptors (Lipinski definition) is 4. The Hall–Kier alpha value is -1.14. The summed E-state index contributed by atoms with van der Waals surface area (Å²) in [5, 5.41) is -0.139. The monoisotopic (exact) mass is 264 g/mol. The van der Waals surface area contributed by atoms with Crippen LogP contribution in [0, 0.1) is 10.7 Å². The van der Waals surface area contributed by atoms with Gasteiger partial charge in [-0.1, -0.05) is 23.4 Å². The molecular weight excluding hydrogens is 257 g/mol. The molecule has 0 aliphatic carbocycles. The highest BCUT2D eigenvalue weighted by atomic mass is 35.5. The number of benzene rings is 1. The third-order valence-electron chi connectivity index (χ3n) is 1.62. The first-order valence-electron chi connectivity index (χ1n) is 4.14. The van der Waals surface area contributed by atoms with Gasteiger partial charge in [0.1, 0.15) is 0 Å². The van der Waals surface area contributed by atoms with Crippen molar-refractivity contribution < 1.29 is 18.9 Å². The van der Waals surface area contributed by atoms with Crippen LogP contribution in [0.5, 0.6) is 0 Å². The van der Waals surface area contributed by atoms with Crippen LogP contribution in [0.4, 0.5) is 10.1 Å². The summed E-state index contributed by atoms with van der Waals surface area (Å²) in [5.41, 5.74) is -0.323. The van der Waals surface area contributed by atoms with Crippen LogP contribution in [0.2, 0.25) is 5.02 Å². The van der Waals surface area contributed by atoms with Gasteiger partial charge in [-0.15, -0.1) is 0 Å². The number of rotatable bonds is 3. The van der Waals surface area contributed by atoms with Gasteiger partial charge >= 0.3 is 5.69 Å². The smallest absolute Gasteiger partial charge is 0.287 e. The molecule has 0 spiro atoms. The van der Waals surface area contributed by atoms with E-state index in [0.29, 0.717) is 4.90 Å². The zero-order chi connectivity index (χ0) is 12.3. The lowest BCUT2D eigenvalue weighted by molar-refractivity contribution is -0.737. The Morgan fingerprint density at radius 1 is 1.56 bits per heavy atom. The quantitative estimate of drug-likeness (QED) is 0.622. The van der Waals surface area contributed by atoms with E-state index in [1.165, 1.54) is 13.0 Å². The zero-order valence-corrected chi connectivity index (χ0v) is 10.1. The highest BCUT2D eigenvalue weighted by molar-refractivity contribution is 8.13. The Balaban J connectivity index is 3.21. The molecule has 7 heteroatoms. The molecule has 0 fully saturated rings. The fraction of sp³-hybridized carbons (Fsp3) is 0.222. The van der Waals surface area contributed by atoms with Crippen LogP contribution < -0.4 is 0 Å². The Kier molecular flexibility index (Phi) is 4.26. The van der Waals surface area contributed by atoms with E-state index in [0.717, 1.165) is 24.9 Å². The summed E-state index contributed by atoms with van der Waals surface area (Å²) in [6.07, 6.45) is 0. The maximum atomic E-state index is 13.3. The molecule has 16 heavy (non-hydrogen) atoms. The molecule has 1 rings (SSSR count).